The van der Waals surface area contributed by atoms with Gasteiger partial charge in [-0.25, -0.2) is 9.59 Å². The van der Waals surface area contributed by atoms with E-state index in [4.69, 9.17) is 18.9 Å². The van der Waals surface area contributed by atoms with Crippen LogP contribution in [-0.4, -0.2) is 62.4 Å². The lowest BCUT2D eigenvalue weighted by atomic mass is 10.0. The van der Waals surface area contributed by atoms with E-state index in [1.165, 1.54) is 34.1 Å². The van der Waals surface area contributed by atoms with Crippen LogP contribution in [0.3, 0.4) is 0 Å². The molecule has 0 fully saturated rings. The molecule has 4 atom stereocenters. The largest absolute Gasteiger partial charge is 0.486 e. The van der Waals surface area contributed by atoms with Crippen LogP contribution in [0.15, 0.2) is 109 Å². The van der Waals surface area contributed by atoms with E-state index >= 15 is 0 Å². The molecule has 0 amide bonds. The van der Waals surface area contributed by atoms with E-state index in [0.29, 0.717) is 11.1 Å². The first-order chi connectivity index (χ1) is 24.5. The lowest BCUT2D eigenvalue weighted by Gasteiger charge is -2.30. The lowest BCUT2D eigenvalue weighted by Crippen LogP contribution is -2.41. The minimum Gasteiger partial charge on any atom is -0.486 e. The van der Waals surface area contributed by atoms with Crippen LogP contribution in [0.25, 0.3) is 0 Å². The summed E-state index contributed by atoms with van der Waals surface area (Å²) in [6, 6.07) is 25.9. The van der Waals surface area contributed by atoms with Crippen LogP contribution in [0.2, 0.25) is 0 Å². The van der Waals surface area contributed by atoms with Gasteiger partial charge in [0.1, 0.15) is 23.7 Å². The molecule has 0 aromatic heterocycles. The highest BCUT2D eigenvalue weighted by atomic mass is 19.4. The molecule has 0 saturated heterocycles. The summed E-state index contributed by atoms with van der Waals surface area (Å²) in [5.41, 5.74) is -0.403. The van der Waals surface area contributed by atoms with Crippen molar-refractivity contribution in [2.75, 3.05) is 28.2 Å². The summed E-state index contributed by atoms with van der Waals surface area (Å²) in [5, 5.41) is 0. The minimum absolute atomic E-state index is 0.0226. The second-order valence-corrected chi connectivity index (χ2v) is 12.2. The molecule has 0 saturated carbocycles. The van der Waals surface area contributed by atoms with Gasteiger partial charge < -0.3 is 18.9 Å². The van der Waals surface area contributed by atoms with E-state index in [1.54, 1.807) is 88.9 Å². The summed E-state index contributed by atoms with van der Waals surface area (Å²) >= 11 is 0. The molecular formula is C38H38F6N2O6. The molecule has 0 aliphatic rings. The number of hydrogen-bond acceptors (Lipinski definition) is 8. The zero-order chi connectivity index (χ0) is 38.1. The average molecular weight is 733 g/mol. The Bertz CT molecular complexity index is 1590. The Balaban J connectivity index is 1.48. The van der Waals surface area contributed by atoms with Crippen molar-refractivity contribution in [2.45, 2.75) is 49.9 Å². The number of esters is 2. The third-order valence-corrected chi connectivity index (χ3v) is 7.90. The molecule has 0 heterocycles. The number of ether oxygens (including phenoxy) is 4. The number of alkyl halides is 6. The molecule has 0 aliphatic heterocycles. The van der Waals surface area contributed by atoms with Gasteiger partial charge in [0.25, 0.3) is 0 Å². The smallest absolute Gasteiger partial charge is 0.419 e. The van der Waals surface area contributed by atoms with Crippen LogP contribution in [0, 0.1) is 0 Å². The first-order valence-corrected chi connectivity index (χ1v) is 16.0. The Kier molecular flexibility index (Phi) is 13.3. The van der Waals surface area contributed by atoms with Crippen molar-refractivity contribution in [1.29, 1.82) is 0 Å². The summed E-state index contributed by atoms with van der Waals surface area (Å²) < 4.78 is 102. The number of benzene rings is 4. The molecule has 0 bridgehead atoms. The van der Waals surface area contributed by atoms with Gasteiger partial charge in [-0.1, -0.05) is 60.7 Å². The Labute approximate surface area is 297 Å². The van der Waals surface area contributed by atoms with Crippen molar-refractivity contribution in [3.05, 3.63) is 131 Å². The molecule has 4 rings (SSSR count). The van der Waals surface area contributed by atoms with Crippen molar-refractivity contribution in [1.82, 2.24) is 9.80 Å². The summed E-state index contributed by atoms with van der Waals surface area (Å²) in [6.07, 6.45) is -12.8. The standard InChI is InChI=1S/C38H38F6N2O6/c1-45(2)33(23-31(25-11-7-5-8-12-25)49-29-19-15-27(16-20-29)37(39,40)41)51-35(47)36(48)52-34(46(3)4)24-32(26-13-9-6-10-14-26)50-30-21-17-28(18-22-30)38(42,43)44/h5-22,31-34H,23-24H2,1-4H3. The predicted molar refractivity (Wildman–Crippen MR) is 179 cm³/mol. The Morgan fingerprint density at radius 1 is 0.519 bits per heavy atom. The Hall–Kier alpha value is -5.08. The lowest BCUT2D eigenvalue weighted by molar-refractivity contribution is -0.185. The highest BCUT2D eigenvalue weighted by Gasteiger charge is 2.34. The second kappa shape index (κ2) is 17.4. The van der Waals surface area contributed by atoms with Crippen LogP contribution in [-0.2, 0) is 31.4 Å². The molecule has 8 nitrogen and oxygen atoms in total. The Morgan fingerprint density at radius 2 is 0.827 bits per heavy atom. The fourth-order valence-corrected chi connectivity index (χ4v) is 5.05. The maximum Gasteiger partial charge on any atom is 0.419 e. The van der Waals surface area contributed by atoms with E-state index in [2.05, 4.69) is 0 Å². The van der Waals surface area contributed by atoms with Gasteiger partial charge in [0.05, 0.1) is 11.1 Å². The normalized spacial score (nSPS) is 14.3. The van der Waals surface area contributed by atoms with Gasteiger partial charge in [-0.15, -0.1) is 0 Å². The van der Waals surface area contributed by atoms with Crippen molar-refractivity contribution in [3.8, 4) is 11.5 Å². The molecular weight excluding hydrogens is 694 g/mol. The highest BCUT2D eigenvalue weighted by Crippen LogP contribution is 2.34. The monoisotopic (exact) mass is 732 g/mol. The van der Waals surface area contributed by atoms with Gasteiger partial charge in [0, 0.05) is 12.8 Å². The molecule has 0 spiro atoms. The maximum atomic E-state index is 13.2. The zero-order valence-corrected chi connectivity index (χ0v) is 28.7. The van der Waals surface area contributed by atoms with Crippen molar-refractivity contribution in [2.24, 2.45) is 0 Å². The predicted octanol–water partition coefficient (Wildman–Crippen LogP) is 8.31. The third kappa shape index (κ3) is 11.5. The molecule has 278 valence electrons. The van der Waals surface area contributed by atoms with Crippen molar-refractivity contribution < 1.29 is 54.9 Å². The van der Waals surface area contributed by atoms with Crippen molar-refractivity contribution >= 4 is 11.9 Å². The third-order valence-electron chi connectivity index (χ3n) is 7.90. The number of rotatable bonds is 14. The molecule has 52 heavy (non-hydrogen) atoms. The maximum absolute atomic E-state index is 13.2. The highest BCUT2D eigenvalue weighted by molar-refractivity contribution is 6.29. The second-order valence-electron chi connectivity index (χ2n) is 12.2. The van der Waals surface area contributed by atoms with E-state index in [-0.39, 0.29) is 24.3 Å². The number of halogens is 6. The summed E-state index contributed by atoms with van der Waals surface area (Å²) in [7, 11) is 6.43. The topological polar surface area (TPSA) is 77.5 Å². The molecule has 0 N–H and O–H groups in total. The number of nitrogens with zero attached hydrogens (tertiary/aromatic N) is 2. The van der Waals surface area contributed by atoms with Crippen LogP contribution >= 0.6 is 0 Å². The van der Waals surface area contributed by atoms with Crippen molar-refractivity contribution in [3.63, 3.8) is 0 Å². The van der Waals surface area contributed by atoms with E-state index in [9.17, 15) is 35.9 Å². The van der Waals surface area contributed by atoms with E-state index < -0.39 is 60.1 Å². The molecule has 0 radical (unpaired) electrons. The van der Waals surface area contributed by atoms with Gasteiger partial charge in [-0.3, -0.25) is 9.80 Å². The SMILES string of the molecule is CN(C)C(CC(Oc1ccc(C(F)(F)F)cc1)c1ccccc1)OC(=O)C(=O)OC(CC(Oc1ccc(C(F)(F)F)cc1)c1ccccc1)N(C)C. The first-order valence-electron chi connectivity index (χ1n) is 16.0. The Morgan fingerprint density at radius 3 is 1.10 bits per heavy atom. The van der Waals surface area contributed by atoms with Gasteiger partial charge in [0.15, 0.2) is 12.5 Å². The zero-order valence-electron chi connectivity index (χ0n) is 28.7. The molecule has 4 aromatic rings. The number of carbonyl (C=O) groups is 2. The van der Waals surface area contributed by atoms with Crippen LogP contribution in [0.4, 0.5) is 26.3 Å². The first kappa shape index (κ1) is 39.7. The van der Waals surface area contributed by atoms with E-state index in [1.807, 2.05) is 0 Å². The molecule has 4 unspecified atom stereocenters. The quantitative estimate of drug-likeness (QED) is 0.0555. The van der Waals surface area contributed by atoms with Gasteiger partial charge >= 0.3 is 24.3 Å². The van der Waals surface area contributed by atoms with Gasteiger partial charge in [-0.2, -0.15) is 26.3 Å². The van der Waals surface area contributed by atoms with Crippen LogP contribution < -0.4 is 9.47 Å². The summed E-state index contributed by atoms with van der Waals surface area (Å²) in [5.74, 6) is -2.34. The fraction of sp³-hybridized carbons (Fsp3) is 0.316. The summed E-state index contributed by atoms with van der Waals surface area (Å²) in [6.45, 7) is 0. The molecule has 14 heteroatoms. The molecule has 0 aliphatic carbocycles. The van der Waals surface area contributed by atoms with Crippen LogP contribution in [0.1, 0.15) is 47.3 Å². The molecule has 4 aromatic carbocycles. The van der Waals surface area contributed by atoms with Gasteiger partial charge in [-0.05, 0) is 87.8 Å². The van der Waals surface area contributed by atoms with Gasteiger partial charge in [0.2, 0.25) is 0 Å². The average Bonchev–Trinajstić information content (AvgIpc) is 3.10. The number of carbonyl (C=O) groups excluding carboxylic acids is 2. The fourth-order valence-electron chi connectivity index (χ4n) is 5.05. The summed E-state index contributed by atoms with van der Waals surface area (Å²) in [4.78, 5) is 29.4. The minimum atomic E-state index is -4.52. The van der Waals surface area contributed by atoms with E-state index in [0.717, 1.165) is 24.3 Å². The number of hydrogen-bond donors (Lipinski definition) is 0. The van der Waals surface area contributed by atoms with Crippen LogP contribution in [0.5, 0.6) is 11.5 Å².